The number of halogens is 2. The van der Waals surface area contributed by atoms with Crippen molar-refractivity contribution in [2.75, 3.05) is 11.1 Å². The van der Waals surface area contributed by atoms with Crippen molar-refractivity contribution in [3.05, 3.63) is 54.7 Å². The Morgan fingerprint density at radius 1 is 1.19 bits per heavy atom. The van der Waals surface area contributed by atoms with Crippen molar-refractivity contribution in [2.24, 2.45) is 0 Å². The number of benzene rings is 2. The number of aromatic nitrogens is 4. The van der Waals surface area contributed by atoms with Gasteiger partial charge in [-0.05, 0) is 43.2 Å². The number of para-hydroxylation sites is 1. The number of carbonyl (C=O) groups is 1. The smallest absolute Gasteiger partial charge is 0.387 e. The second kappa shape index (κ2) is 8.62. The zero-order chi connectivity index (χ0) is 22.1. The maximum atomic E-state index is 12.4. The van der Waals surface area contributed by atoms with Crippen LogP contribution in [-0.2, 0) is 4.79 Å². The van der Waals surface area contributed by atoms with Crippen molar-refractivity contribution in [3.63, 3.8) is 0 Å². The maximum absolute atomic E-state index is 12.4. The number of fused-ring (bicyclic) bond motifs is 1. The van der Waals surface area contributed by atoms with Gasteiger partial charge in [-0.3, -0.25) is 9.36 Å². The minimum absolute atomic E-state index is 0.0368. The third-order valence-corrected chi connectivity index (χ3v) is 6.05. The normalized spacial score (nSPS) is 13.6. The van der Waals surface area contributed by atoms with Crippen molar-refractivity contribution in [2.45, 2.75) is 30.7 Å². The number of alkyl halides is 2. The Kier molecular flexibility index (Phi) is 5.52. The van der Waals surface area contributed by atoms with Crippen molar-refractivity contribution in [1.82, 2.24) is 19.7 Å². The number of rotatable bonds is 8. The molecule has 0 unspecified atom stereocenters. The van der Waals surface area contributed by atoms with E-state index in [-0.39, 0.29) is 17.4 Å². The Labute approximate surface area is 186 Å². The van der Waals surface area contributed by atoms with Crippen LogP contribution in [0.4, 0.5) is 14.5 Å². The highest BCUT2D eigenvalue weighted by Crippen LogP contribution is 2.42. The molecule has 2 aromatic carbocycles. The summed E-state index contributed by atoms with van der Waals surface area (Å²) < 4.78 is 30.9. The molecule has 2 aromatic heterocycles. The fourth-order valence-corrected chi connectivity index (χ4v) is 4.33. The zero-order valence-corrected chi connectivity index (χ0v) is 17.6. The maximum Gasteiger partial charge on any atom is 0.387 e. The Hall–Kier alpha value is -3.40. The molecule has 0 saturated heterocycles. The Morgan fingerprint density at radius 3 is 2.72 bits per heavy atom. The van der Waals surface area contributed by atoms with Crippen molar-refractivity contribution < 1.29 is 18.3 Å². The van der Waals surface area contributed by atoms with Crippen molar-refractivity contribution >= 4 is 34.3 Å². The van der Waals surface area contributed by atoms with Crippen LogP contribution in [-0.4, -0.2) is 38.0 Å². The van der Waals surface area contributed by atoms with E-state index in [0.717, 1.165) is 35.1 Å². The number of H-pyrrole nitrogens is 1. The number of ether oxygens (including phenoxy) is 1. The topological polar surface area (TPSA) is 84.8 Å². The van der Waals surface area contributed by atoms with E-state index in [1.54, 1.807) is 0 Å². The minimum atomic E-state index is -2.88. The number of hydrogen-bond donors (Lipinski definition) is 2. The number of thioether (sulfide) groups is 1. The summed E-state index contributed by atoms with van der Waals surface area (Å²) in [6, 6.07) is 14.2. The van der Waals surface area contributed by atoms with E-state index in [2.05, 4.69) is 29.8 Å². The molecule has 1 aliphatic rings. The quantitative estimate of drug-likeness (QED) is 0.362. The molecule has 0 aliphatic heterocycles. The molecule has 0 spiro atoms. The van der Waals surface area contributed by atoms with Gasteiger partial charge in [0.25, 0.3) is 0 Å². The standard InChI is InChI=1S/C22H19F2N5O2S/c23-21(24)31-15-9-5-13(6-10-15)26-19(30)12-32-22-28-27-20(29(22)14-7-8-14)17-11-25-18-4-2-1-3-16(17)18/h1-6,9-11,14,21,25H,7-8,12H2,(H,26,30). The number of nitrogens with one attached hydrogen (secondary N) is 2. The minimum Gasteiger partial charge on any atom is -0.435 e. The molecule has 10 heteroatoms. The fraction of sp³-hybridized carbons (Fsp3) is 0.227. The first-order valence-corrected chi connectivity index (χ1v) is 11.1. The van der Waals surface area contributed by atoms with Gasteiger partial charge in [0.2, 0.25) is 5.91 Å². The molecule has 2 heterocycles. The zero-order valence-electron chi connectivity index (χ0n) is 16.8. The average molecular weight is 455 g/mol. The van der Waals surface area contributed by atoms with E-state index >= 15 is 0 Å². The van der Waals surface area contributed by atoms with E-state index in [4.69, 9.17) is 0 Å². The molecule has 0 atom stereocenters. The Bertz CT molecular complexity index is 1250. The van der Waals surface area contributed by atoms with Crippen LogP contribution in [0.5, 0.6) is 5.75 Å². The summed E-state index contributed by atoms with van der Waals surface area (Å²) in [4.78, 5) is 15.7. The summed E-state index contributed by atoms with van der Waals surface area (Å²) in [6.45, 7) is -2.88. The lowest BCUT2D eigenvalue weighted by atomic mass is 10.1. The van der Waals surface area contributed by atoms with Gasteiger partial charge in [0.1, 0.15) is 5.75 Å². The van der Waals surface area contributed by atoms with E-state index in [1.165, 1.54) is 36.0 Å². The predicted molar refractivity (Wildman–Crippen MR) is 118 cm³/mol. The van der Waals surface area contributed by atoms with Crippen LogP contribution >= 0.6 is 11.8 Å². The first kappa shape index (κ1) is 20.5. The molecule has 0 bridgehead atoms. The van der Waals surface area contributed by atoms with Gasteiger partial charge >= 0.3 is 6.61 Å². The summed E-state index contributed by atoms with van der Waals surface area (Å²) >= 11 is 1.32. The molecule has 32 heavy (non-hydrogen) atoms. The Morgan fingerprint density at radius 2 is 1.97 bits per heavy atom. The molecule has 4 aromatic rings. The molecule has 1 fully saturated rings. The van der Waals surface area contributed by atoms with Crippen molar-refractivity contribution in [1.29, 1.82) is 0 Å². The van der Waals surface area contributed by atoms with Gasteiger partial charge < -0.3 is 15.0 Å². The lowest BCUT2D eigenvalue weighted by Gasteiger charge is -2.09. The Balaban J connectivity index is 1.28. The third kappa shape index (κ3) is 4.31. The second-order valence-electron chi connectivity index (χ2n) is 7.40. The van der Waals surface area contributed by atoms with Gasteiger partial charge in [-0.1, -0.05) is 30.0 Å². The van der Waals surface area contributed by atoms with Crippen LogP contribution < -0.4 is 10.1 Å². The monoisotopic (exact) mass is 455 g/mol. The SMILES string of the molecule is O=C(CSc1nnc(-c2c[nH]c3ccccc23)n1C1CC1)Nc1ccc(OC(F)F)cc1. The van der Waals surface area contributed by atoms with Crippen LogP contribution in [0.2, 0.25) is 0 Å². The van der Waals surface area contributed by atoms with E-state index in [0.29, 0.717) is 16.9 Å². The molecule has 7 nitrogen and oxygen atoms in total. The van der Waals surface area contributed by atoms with E-state index in [9.17, 15) is 13.6 Å². The number of amides is 1. The number of anilines is 1. The molecule has 2 N–H and O–H groups in total. The molecule has 1 saturated carbocycles. The second-order valence-corrected chi connectivity index (χ2v) is 8.34. The first-order valence-electron chi connectivity index (χ1n) is 10.1. The number of nitrogens with zero attached hydrogens (tertiary/aromatic N) is 3. The fourth-order valence-electron chi connectivity index (χ4n) is 3.52. The van der Waals surface area contributed by atoms with Crippen LogP contribution in [0.15, 0.2) is 59.9 Å². The largest absolute Gasteiger partial charge is 0.435 e. The molecule has 164 valence electrons. The highest BCUT2D eigenvalue weighted by atomic mass is 32.2. The lowest BCUT2D eigenvalue weighted by Crippen LogP contribution is -2.14. The summed E-state index contributed by atoms with van der Waals surface area (Å²) in [5.41, 5.74) is 2.52. The molecule has 1 aliphatic carbocycles. The molecule has 1 amide bonds. The van der Waals surface area contributed by atoms with Gasteiger partial charge in [-0.25, -0.2) is 0 Å². The van der Waals surface area contributed by atoms with Gasteiger partial charge in [-0.15, -0.1) is 10.2 Å². The first-order chi connectivity index (χ1) is 15.6. The van der Waals surface area contributed by atoms with Gasteiger partial charge in [-0.2, -0.15) is 8.78 Å². The predicted octanol–water partition coefficient (Wildman–Crippen LogP) is 5.09. The van der Waals surface area contributed by atoms with Crippen LogP contribution in [0.3, 0.4) is 0 Å². The number of aromatic amines is 1. The lowest BCUT2D eigenvalue weighted by molar-refractivity contribution is -0.113. The highest BCUT2D eigenvalue weighted by molar-refractivity contribution is 7.99. The molecule has 0 radical (unpaired) electrons. The van der Waals surface area contributed by atoms with Crippen LogP contribution in [0.25, 0.3) is 22.3 Å². The molecular weight excluding hydrogens is 436 g/mol. The molecule has 5 rings (SSSR count). The summed E-state index contributed by atoms with van der Waals surface area (Å²) in [7, 11) is 0. The number of carbonyl (C=O) groups excluding carboxylic acids is 1. The van der Waals surface area contributed by atoms with Gasteiger partial charge in [0.05, 0.1) is 5.75 Å². The highest BCUT2D eigenvalue weighted by Gasteiger charge is 2.31. The van der Waals surface area contributed by atoms with E-state index in [1.807, 2.05) is 30.5 Å². The van der Waals surface area contributed by atoms with E-state index < -0.39 is 6.61 Å². The average Bonchev–Trinajstić information content (AvgIpc) is 3.39. The number of hydrogen-bond acceptors (Lipinski definition) is 5. The van der Waals surface area contributed by atoms with Crippen LogP contribution in [0, 0.1) is 0 Å². The summed E-state index contributed by atoms with van der Waals surface area (Å²) in [5, 5.41) is 13.3. The molecular formula is C22H19F2N5O2S. The van der Waals surface area contributed by atoms with Gasteiger partial charge in [0, 0.05) is 34.4 Å². The van der Waals surface area contributed by atoms with Crippen molar-refractivity contribution in [3.8, 4) is 17.1 Å². The summed E-state index contributed by atoms with van der Waals surface area (Å²) in [5.74, 6) is 0.752. The van der Waals surface area contributed by atoms with Crippen LogP contribution in [0.1, 0.15) is 18.9 Å². The third-order valence-electron chi connectivity index (χ3n) is 5.10. The van der Waals surface area contributed by atoms with Gasteiger partial charge in [0.15, 0.2) is 11.0 Å². The summed E-state index contributed by atoms with van der Waals surface area (Å²) in [6.07, 6.45) is 4.05.